The summed E-state index contributed by atoms with van der Waals surface area (Å²) in [5.41, 5.74) is 4.37. The molecule has 0 amide bonds. The number of rotatable bonds is 12. The highest BCUT2D eigenvalue weighted by Gasteiger charge is 2.03. The molecule has 182 valence electrons. The molecule has 0 aliphatic heterocycles. The molecule has 0 fully saturated rings. The molecular weight excluding hydrogens is 382 g/mol. The Labute approximate surface area is 194 Å². The summed E-state index contributed by atoms with van der Waals surface area (Å²) in [6.45, 7) is 22.2. The first kappa shape index (κ1) is 34.1. The zero-order valence-electron chi connectivity index (χ0n) is 22.5. The number of carbonyl (C=O) groups excluding carboxylic acids is 2. The van der Waals surface area contributed by atoms with Gasteiger partial charge in [-0.1, -0.05) is 86.3 Å². The highest BCUT2D eigenvalue weighted by molar-refractivity contribution is 5.79. The summed E-state index contributed by atoms with van der Waals surface area (Å²) in [5, 5.41) is 3.32. The second kappa shape index (κ2) is 24.8. The number of unbranched alkanes of at least 4 members (excludes halogenated alkanes) is 2. The van der Waals surface area contributed by atoms with Crippen molar-refractivity contribution in [2.75, 3.05) is 13.1 Å². The van der Waals surface area contributed by atoms with E-state index < -0.39 is 0 Å². The van der Waals surface area contributed by atoms with Crippen molar-refractivity contribution in [3.05, 3.63) is 34.4 Å². The molecule has 0 aliphatic rings. The van der Waals surface area contributed by atoms with E-state index in [4.69, 9.17) is 0 Å². The fourth-order valence-electron chi connectivity index (χ4n) is 3.14. The second-order valence-electron chi connectivity index (χ2n) is 7.77. The molecule has 31 heavy (non-hydrogen) atoms. The second-order valence-corrected chi connectivity index (χ2v) is 7.77. The maximum Gasteiger partial charge on any atom is 0.150 e. The molecule has 1 N–H and O–H groups in total. The molecule has 1 unspecified atom stereocenters. The van der Waals surface area contributed by atoms with Crippen LogP contribution in [0.5, 0.6) is 0 Å². The van der Waals surface area contributed by atoms with Crippen LogP contribution < -0.4 is 5.32 Å². The number of Topliss-reactive ketones (excluding diaryl/α,β-unsaturated/α-hetero) is 1. The summed E-state index contributed by atoms with van der Waals surface area (Å²) in [4.78, 5) is 21.4. The van der Waals surface area contributed by atoms with E-state index in [2.05, 4.69) is 38.2 Å². The fraction of sp³-hybridized carbons (Fsp3) is 0.714. The molecule has 0 aromatic heterocycles. The third-order valence-electron chi connectivity index (χ3n) is 4.76. The van der Waals surface area contributed by atoms with Crippen molar-refractivity contribution < 1.29 is 9.59 Å². The Morgan fingerprint density at radius 2 is 1.55 bits per heavy atom. The Balaban J connectivity index is -0.000000436. The molecule has 1 atom stereocenters. The van der Waals surface area contributed by atoms with Crippen molar-refractivity contribution >= 4 is 12.1 Å². The first-order chi connectivity index (χ1) is 14.8. The molecule has 0 bridgehead atoms. The number of nitrogens with one attached hydrogen (secondary N) is 1. The summed E-state index contributed by atoms with van der Waals surface area (Å²) >= 11 is 0. The van der Waals surface area contributed by atoms with E-state index in [1.165, 1.54) is 31.2 Å². The van der Waals surface area contributed by atoms with Gasteiger partial charge in [0.1, 0.15) is 5.78 Å². The minimum absolute atomic E-state index is 0.274. The Morgan fingerprint density at radius 3 is 1.97 bits per heavy atom. The molecule has 0 aliphatic carbocycles. The fourth-order valence-corrected chi connectivity index (χ4v) is 3.14. The molecule has 1 aromatic carbocycles. The number of hydrogen-bond acceptors (Lipinski definition) is 3. The van der Waals surface area contributed by atoms with Crippen LogP contribution in [0.15, 0.2) is 12.1 Å². The van der Waals surface area contributed by atoms with Gasteiger partial charge in [-0.2, -0.15) is 0 Å². The van der Waals surface area contributed by atoms with Crippen molar-refractivity contribution in [3.8, 4) is 0 Å². The number of hydrogen-bond donors (Lipinski definition) is 1. The lowest BCUT2D eigenvalue weighted by Crippen LogP contribution is -2.23. The van der Waals surface area contributed by atoms with Crippen LogP contribution in [-0.2, 0) is 11.2 Å². The smallest absolute Gasteiger partial charge is 0.150 e. The molecule has 0 heterocycles. The first-order valence-corrected chi connectivity index (χ1v) is 12.6. The van der Waals surface area contributed by atoms with Crippen LogP contribution in [0.1, 0.15) is 121 Å². The average molecular weight is 436 g/mol. The standard InChI is InChI=1S/C12H25NO.C12H16O.2C2H6/c1-4-5-6-7-11(2)10-13-9-8-12(3)14;1-4-5-11-6-9(2)12(8-13)10(3)7-11;2*1-2/h11,13H,4-10H2,1-3H3;6-8H,4-5H2,1-3H3;2*1-2H3. The molecule has 0 saturated carbocycles. The third-order valence-corrected chi connectivity index (χ3v) is 4.76. The Bertz CT molecular complexity index is 529. The van der Waals surface area contributed by atoms with Gasteiger partial charge in [0.2, 0.25) is 0 Å². The van der Waals surface area contributed by atoms with Crippen LogP contribution in [0, 0.1) is 19.8 Å². The molecule has 3 nitrogen and oxygen atoms in total. The van der Waals surface area contributed by atoms with E-state index >= 15 is 0 Å². The Kier molecular flexibility index (Phi) is 27.3. The van der Waals surface area contributed by atoms with Gasteiger partial charge in [-0.3, -0.25) is 9.59 Å². The van der Waals surface area contributed by atoms with Crippen LogP contribution in [-0.4, -0.2) is 25.2 Å². The van der Waals surface area contributed by atoms with E-state index in [1.54, 1.807) is 6.92 Å². The van der Waals surface area contributed by atoms with Crippen molar-refractivity contribution in [2.45, 2.75) is 114 Å². The number of aryl methyl sites for hydroxylation is 3. The van der Waals surface area contributed by atoms with E-state index in [-0.39, 0.29) is 5.78 Å². The monoisotopic (exact) mass is 435 g/mol. The zero-order valence-corrected chi connectivity index (χ0v) is 22.5. The van der Waals surface area contributed by atoms with Gasteiger partial charge >= 0.3 is 0 Å². The number of aldehydes is 1. The maximum atomic E-state index is 10.7. The van der Waals surface area contributed by atoms with Crippen molar-refractivity contribution in [2.24, 2.45) is 5.92 Å². The van der Waals surface area contributed by atoms with Gasteiger partial charge in [-0.25, -0.2) is 0 Å². The summed E-state index contributed by atoms with van der Waals surface area (Å²) in [5.74, 6) is 1.02. The molecule has 1 aromatic rings. The van der Waals surface area contributed by atoms with Crippen molar-refractivity contribution in [1.29, 1.82) is 0 Å². The Hall–Kier alpha value is -1.48. The average Bonchev–Trinajstić information content (AvgIpc) is 2.75. The van der Waals surface area contributed by atoms with Crippen LogP contribution in [0.4, 0.5) is 0 Å². The maximum absolute atomic E-state index is 10.7. The summed E-state index contributed by atoms with van der Waals surface area (Å²) in [6, 6.07) is 4.22. The predicted octanol–water partition coefficient (Wildman–Crippen LogP) is 7.89. The molecule has 0 radical (unpaired) electrons. The van der Waals surface area contributed by atoms with Gasteiger partial charge < -0.3 is 5.32 Å². The quantitative estimate of drug-likeness (QED) is 0.268. The van der Waals surface area contributed by atoms with Gasteiger partial charge in [0.25, 0.3) is 0 Å². The van der Waals surface area contributed by atoms with Gasteiger partial charge in [-0.05, 0) is 62.8 Å². The van der Waals surface area contributed by atoms with Crippen LogP contribution in [0.3, 0.4) is 0 Å². The predicted molar refractivity (Wildman–Crippen MR) is 139 cm³/mol. The number of ketones is 1. The molecule has 0 spiro atoms. The minimum atomic E-state index is 0.274. The number of benzene rings is 1. The van der Waals surface area contributed by atoms with Crippen LogP contribution in [0.2, 0.25) is 0 Å². The summed E-state index contributed by atoms with van der Waals surface area (Å²) < 4.78 is 0. The minimum Gasteiger partial charge on any atom is -0.316 e. The summed E-state index contributed by atoms with van der Waals surface area (Å²) in [6.07, 6.45) is 9.15. The van der Waals surface area contributed by atoms with E-state index in [0.29, 0.717) is 6.42 Å². The topological polar surface area (TPSA) is 46.2 Å². The van der Waals surface area contributed by atoms with E-state index in [9.17, 15) is 9.59 Å². The normalized spacial score (nSPS) is 10.4. The highest BCUT2D eigenvalue weighted by Crippen LogP contribution is 2.15. The zero-order chi connectivity index (χ0) is 24.7. The number of carbonyl (C=O) groups is 2. The molecule has 3 heteroatoms. The first-order valence-electron chi connectivity index (χ1n) is 12.6. The van der Waals surface area contributed by atoms with Gasteiger partial charge in [0.15, 0.2) is 6.29 Å². The van der Waals surface area contributed by atoms with Crippen molar-refractivity contribution in [3.63, 3.8) is 0 Å². The van der Waals surface area contributed by atoms with Gasteiger partial charge in [-0.15, -0.1) is 0 Å². The largest absolute Gasteiger partial charge is 0.316 e. The van der Waals surface area contributed by atoms with Crippen molar-refractivity contribution in [1.82, 2.24) is 5.32 Å². The lowest BCUT2D eigenvalue weighted by molar-refractivity contribution is -0.116. The molecular formula is C28H53NO2. The van der Waals surface area contributed by atoms with Gasteiger partial charge in [0, 0.05) is 18.5 Å². The molecule has 1 rings (SSSR count). The third kappa shape index (κ3) is 20.2. The lowest BCUT2D eigenvalue weighted by Gasteiger charge is -2.11. The Morgan fingerprint density at radius 1 is 1.00 bits per heavy atom. The summed E-state index contributed by atoms with van der Waals surface area (Å²) in [7, 11) is 0. The van der Waals surface area contributed by atoms with Crippen LogP contribution in [0.25, 0.3) is 0 Å². The van der Waals surface area contributed by atoms with E-state index in [0.717, 1.165) is 54.8 Å². The van der Waals surface area contributed by atoms with Crippen LogP contribution >= 0.6 is 0 Å². The van der Waals surface area contributed by atoms with E-state index in [1.807, 2.05) is 41.5 Å². The SMILES string of the molecule is CC.CC.CCCCCC(C)CNCCC(C)=O.CCCc1cc(C)c(C=O)c(C)c1. The lowest BCUT2D eigenvalue weighted by atomic mass is 9.98. The molecule has 0 saturated heterocycles. The van der Waals surface area contributed by atoms with Gasteiger partial charge in [0.05, 0.1) is 0 Å². The highest BCUT2D eigenvalue weighted by atomic mass is 16.1.